The molecule has 0 spiro atoms. The second kappa shape index (κ2) is 11.6. The molecule has 150 valence electrons. The smallest absolute Gasteiger partial charge is 0.193 e. The number of guanidine groups is 1. The largest absolute Gasteiger partial charge is 0.385 e. The first-order chi connectivity index (χ1) is 11.2. The zero-order chi connectivity index (χ0) is 18.2. The SMILES string of the molecule is CN=C(NCC(C)(C)S(C)(=O)=O)N1CCC(OCCCOC)CC1.I. The molecule has 1 fully saturated rings. The standard InChI is InChI=1S/C16H33N3O4S.HI/c1-16(2,24(5,20)21)13-18-15(17-3)19-9-7-14(8-10-19)23-12-6-11-22-4;/h14H,6-13H2,1-5H3,(H,17,18);1H. The van der Waals surface area contributed by atoms with E-state index in [1.54, 1.807) is 28.0 Å². The van der Waals surface area contributed by atoms with Gasteiger partial charge in [-0.2, -0.15) is 0 Å². The van der Waals surface area contributed by atoms with E-state index in [1.165, 1.54) is 6.26 Å². The molecule has 0 aromatic rings. The Morgan fingerprint density at radius 1 is 1.28 bits per heavy atom. The van der Waals surface area contributed by atoms with E-state index in [0.717, 1.165) is 51.5 Å². The maximum atomic E-state index is 11.8. The van der Waals surface area contributed by atoms with Crippen LogP contribution >= 0.6 is 24.0 Å². The van der Waals surface area contributed by atoms with Gasteiger partial charge in [-0.15, -0.1) is 24.0 Å². The van der Waals surface area contributed by atoms with Crippen LogP contribution in [0.1, 0.15) is 33.1 Å². The molecule has 0 unspecified atom stereocenters. The van der Waals surface area contributed by atoms with Gasteiger partial charge in [0.1, 0.15) is 0 Å². The Bertz CT molecular complexity index is 504. The summed E-state index contributed by atoms with van der Waals surface area (Å²) in [6, 6.07) is 0. The predicted octanol–water partition coefficient (Wildman–Crippen LogP) is 1.52. The van der Waals surface area contributed by atoms with Gasteiger partial charge in [-0.1, -0.05) is 0 Å². The lowest BCUT2D eigenvalue weighted by atomic mass is 10.1. The molecule has 1 saturated heterocycles. The number of ether oxygens (including phenoxy) is 2. The molecule has 0 atom stereocenters. The Morgan fingerprint density at radius 3 is 2.36 bits per heavy atom. The maximum absolute atomic E-state index is 11.8. The Labute approximate surface area is 169 Å². The number of likely N-dealkylation sites (tertiary alicyclic amines) is 1. The van der Waals surface area contributed by atoms with Crippen molar-refractivity contribution in [2.45, 2.75) is 44.0 Å². The average molecular weight is 491 g/mol. The van der Waals surface area contributed by atoms with E-state index >= 15 is 0 Å². The molecule has 1 heterocycles. The molecule has 7 nitrogen and oxygen atoms in total. The Balaban J connectivity index is 0.00000576. The van der Waals surface area contributed by atoms with Gasteiger partial charge in [-0.05, 0) is 33.1 Å². The number of nitrogens with zero attached hydrogens (tertiary/aromatic N) is 2. The zero-order valence-electron chi connectivity index (χ0n) is 16.1. The summed E-state index contributed by atoms with van der Waals surface area (Å²) in [5, 5.41) is 3.20. The number of methoxy groups -OCH3 is 1. The van der Waals surface area contributed by atoms with Gasteiger partial charge < -0.3 is 19.7 Å². The van der Waals surface area contributed by atoms with E-state index < -0.39 is 14.6 Å². The van der Waals surface area contributed by atoms with Crippen LogP contribution in [0.4, 0.5) is 0 Å². The molecule has 0 amide bonds. The van der Waals surface area contributed by atoms with Crippen LogP contribution in [-0.2, 0) is 19.3 Å². The summed E-state index contributed by atoms with van der Waals surface area (Å²) in [4.78, 5) is 6.45. The molecular weight excluding hydrogens is 457 g/mol. The predicted molar refractivity (Wildman–Crippen MR) is 113 cm³/mol. The number of rotatable bonds is 8. The monoisotopic (exact) mass is 491 g/mol. The minimum atomic E-state index is -3.13. The van der Waals surface area contributed by atoms with Gasteiger partial charge in [0.05, 0.1) is 10.9 Å². The first-order valence-corrected chi connectivity index (χ1v) is 10.4. The Kier molecular flexibility index (Phi) is 11.5. The number of halogens is 1. The third-order valence-corrected chi connectivity index (χ3v) is 6.63. The van der Waals surface area contributed by atoms with Crippen molar-refractivity contribution in [3.63, 3.8) is 0 Å². The number of nitrogens with one attached hydrogen (secondary N) is 1. The Hall–Kier alpha value is -0.130. The zero-order valence-corrected chi connectivity index (χ0v) is 19.2. The third-order valence-electron chi connectivity index (χ3n) is 4.48. The van der Waals surface area contributed by atoms with Crippen LogP contribution in [0.25, 0.3) is 0 Å². The molecule has 1 aliphatic heterocycles. The summed E-state index contributed by atoms with van der Waals surface area (Å²) in [5.74, 6) is 0.754. The van der Waals surface area contributed by atoms with Crippen LogP contribution in [0.15, 0.2) is 4.99 Å². The van der Waals surface area contributed by atoms with Gasteiger partial charge in [-0.25, -0.2) is 8.42 Å². The van der Waals surface area contributed by atoms with E-state index in [-0.39, 0.29) is 30.1 Å². The fraction of sp³-hybridized carbons (Fsp3) is 0.938. The van der Waals surface area contributed by atoms with Crippen LogP contribution in [0.5, 0.6) is 0 Å². The van der Waals surface area contributed by atoms with Crippen LogP contribution < -0.4 is 5.32 Å². The molecule has 0 aromatic heterocycles. The minimum Gasteiger partial charge on any atom is -0.385 e. The summed E-state index contributed by atoms with van der Waals surface area (Å²) in [5.41, 5.74) is 0. The number of hydrogen-bond donors (Lipinski definition) is 1. The topological polar surface area (TPSA) is 80.2 Å². The highest BCUT2D eigenvalue weighted by atomic mass is 127. The number of sulfone groups is 1. The molecule has 0 aromatic carbocycles. The highest BCUT2D eigenvalue weighted by Crippen LogP contribution is 2.16. The van der Waals surface area contributed by atoms with Crippen molar-refractivity contribution in [2.75, 3.05) is 53.3 Å². The van der Waals surface area contributed by atoms with Crippen molar-refractivity contribution in [3.05, 3.63) is 0 Å². The summed E-state index contributed by atoms with van der Waals surface area (Å²) in [6.07, 6.45) is 4.36. The lowest BCUT2D eigenvalue weighted by Gasteiger charge is -2.35. The maximum Gasteiger partial charge on any atom is 0.193 e. The highest BCUT2D eigenvalue weighted by molar-refractivity contribution is 14.0. The van der Waals surface area contributed by atoms with Crippen molar-refractivity contribution in [1.29, 1.82) is 0 Å². The third kappa shape index (κ3) is 8.40. The highest BCUT2D eigenvalue weighted by Gasteiger charge is 2.31. The van der Waals surface area contributed by atoms with E-state index in [9.17, 15) is 8.42 Å². The lowest BCUT2D eigenvalue weighted by molar-refractivity contribution is 0.00990. The number of aliphatic imine (C=N–C) groups is 1. The van der Waals surface area contributed by atoms with E-state index in [0.29, 0.717) is 6.54 Å². The minimum absolute atomic E-state index is 0. The second-order valence-electron chi connectivity index (χ2n) is 6.84. The number of hydrogen-bond acceptors (Lipinski definition) is 5. The molecule has 0 aliphatic carbocycles. The molecule has 0 saturated carbocycles. The van der Waals surface area contributed by atoms with Crippen LogP contribution in [-0.4, -0.2) is 83.4 Å². The van der Waals surface area contributed by atoms with Crippen molar-refractivity contribution >= 4 is 39.8 Å². The molecule has 9 heteroatoms. The van der Waals surface area contributed by atoms with Crippen molar-refractivity contribution in [3.8, 4) is 0 Å². The lowest BCUT2D eigenvalue weighted by Crippen LogP contribution is -2.51. The summed E-state index contributed by atoms with van der Waals surface area (Å²) >= 11 is 0. The average Bonchev–Trinajstić information content (AvgIpc) is 2.52. The van der Waals surface area contributed by atoms with Crippen LogP contribution in [0.2, 0.25) is 0 Å². The molecule has 0 radical (unpaired) electrons. The van der Waals surface area contributed by atoms with E-state index in [1.807, 2.05) is 0 Å². The van der Waals surface area contributed by atoms with Gasteiger partial charge in [-0.3, -0.25) is 4.99 Å². The molecule has 25 heavy (non-hydrogen) atoms. The van der Waals surface area contributed by atoms with Crippen LogP contribution in [0.3, 0.4) is 0 Å². The van der Waals surface area contributed by atoms with Crippen molar-refractivity contribution in [2.24, 2.45) is 4.99 Å². The summed E-state index contributed by atoms with van der Waals surface area (Å²) < 4.78 is 33.7. The fourth-order valence-corrected chi connectivity index (χ4v) is 2.78. The van der Waals surface area contributed by atoms with Gasteiger partial charge >= 0.3 is 0 Å². The van der Waals surface area contributed by atoms with Crippen LogP contribution in [0, 0.1) is 0 Å². The normalized spacial score (nSPS) is 17.3. The first kappa shape index (κ1) is 24.9. The Morgan fingerprint density at radius 2 is 1.88 bits per heavy atom. The van der Waals surface area contributed by atoms with Gasteiger partial charge in [0, 0.05) is 53.3 Å². The van der Waals surface area contributed by atoms with E-state index in [2.05, 4.69) is 15.2 Å². The quantitative estimate of drug-likeness (QED) is 0.240. The van der Waals surface area contributed by atoms with Crippen molar-refractivity contribution < 1.29 is 17.9 Å². The molecule has 1 aliphatic rings. The molecule has 1 rings (SSSR count). The molecule has 0 bridgehead atoms. The van der Waals surface area contributed by atoms with Gasteiger partial charge in [0.25, 0.3) is 0 Å². The second-order valence-corrected chi connectivity index (χ2v) is 9.49. The first-order valence-electron chi connectivity index (χ1n) is 8.47. The summed E-state index contributed by atoms with van der Waals surface area (Å²) in [6.45, 7) is 6.96. The summed E-state index contributed by atoms with van der Waals surface area (Å²) in [7, 11) is 0.295. The fourth-order valence-electron chi connectivity index (χ4n) is 2.44. The molecular formula is C16H34IN3O4S. The van der Waals surface area contributed by atoms with Gasteiger partial charge in [0.15, 0.2) is 15.8 Å². The number of piperidine rings is 1. The van der Waals surface area contributed by atoms with E-state index in [4.69, 9.17) is 9.47 Å². The van der Waals surface area contributed by atoms with Crippen molar-refractivity contribution in [1.82, 2.24) is 10.2 Å². The molecule has 1 N–H and O–H groups in total. The van der Waals surface area contributed by atoms with Gasteiger partial charge in [0.2, 0.25) is 0 Å².